The summed E-state index contributed by atoms with van der Waals surface area (Å²) >= 11 is 0. The number of hydrogen-bond acceptors (Lipinski definition) is 5. The first-order valence-electron chi connectivity index (χ1n) is 23.0. The van der Waals surface area contributed by atoms with Crippen molar-refractivity contribution in [1.82, 2.24) is 0 Å². The van der Waals surface area contributed by atoms with Crippen LogP contribution in [0.15, 0.2) is 48.6 Å². The molecule has 0 bridgehead atoms. The van der Waals surface area contributed by atoms with Crippen LogP contribution < -0.4 is 0 Å². The minimum atomic E-state index is -0.952. The maximum Gasteiger partial charge on any atom is 0.335 e. The Morgan fingerprint density at radius 3 is 1.39 bits per heavy atom. The average Bonchev–Trinajstić information content (AvgIpc) is 3.16. The number of benzene rings is 1. The zero-order chi connectivity index (χ0) is 41.0. The smallest absolute Gasteiger partial charge is 0.335 e. The van der Waals surface area contributed by atoms with Crippen LogP contribution >= 0.6 is 0 Å². The molecule has 0 amide bonds. The average molecular weight is 783 g/mol. The number of quaternary nitrogens is 1. The van der Waals surface area contributed by atoms with E-state index in [0.717, 1.165) is 56.9 Å². The van der Waals surface area contributed by atoms with E-state index < -0.39 is 12.1 Å². The fraction of sp³-hybridized carbons (Fsp3) is 0.735. The number of hydrogen-bond donors (Lipinski definition) is 1. The molecular weight excluding hydrogens is 699 g/mol. The van der Waals surface area contributed by atoms with Gasteiger partial charge in [-0.25, -0.2) is 4.79 Å². The maximum absolute atomic E-state index is 13.0. The lowest BCUT2D eigenvalue weighted by atomic mass is 10.1. The van der Waals surface area contributed by atoms with Crippen LogP contribution in [0.3, 0.4) is 0 Å². The lowest BCUT2D eigenvalue weighted by Crippen LogP contribution is -2.47. The molecule has 0 aliphatic heterocycles. The highest BCUT2D eigenvalue weighted by atomic mass is 16.6. The number of unbranched alkanes of at least 4 members (excludes halogenated alkanes) is 22. The summed E-state index contributed by atoms with van der Waals surface area (Å²) in [6.45, 7) is 5.65. The third-order valence-corrected chi connectivity index (χ3v) is 10.5. The number of carbonyl (C=O) groups is 3. The Hall–Kier alpha value is -2.93. The molecule has 7 heteroatoms. The molecule has 56 heavy (non-hydrogen) atoms. The predicted molar refractivity (Wildman–Crippen MR) is 234 cm³/mol. The number of aromatic carboxylic acids is 1. The minimum absolute atomic E-state index is 0.0433. The zero-order valence-electron chi connectivity index (χ0n) is 36.6. The van der Waals surface area contributed by atoms with Crippen LogP contribution in [0.1, 0.15) is 210 Å². The number of nitrogens with zero attached hydrogens (tertiary/aromatic N) is 1. The van der Waals surface area contributed by atoms with E-state index in [1.807, 2.05) is 26.2 Å². The lowest BCUT2D eigenvalue weighted by Gasteiger charge is -2.33. The van der Waals surface area contributed by atoms with E-state index in [-0.39, 0.29) is 24.1 Å². The summed E-state index contributed by atoms with van der Waals surface area (Å²) < 4.78 is 12.1. The van der Waals surface area contributed by atoms with Crippen molar-refractivity contribution in [1.29, 1.82) is 0 Å². The standard InChI is InChI=1S/C49H83NO6/c1-5-7-9-11-13-15-17-19-21-23-25-27-29-31-33-35-47(51)55-43-46(42-50(3,4)41-44-37-39-45(40-38-44)49(53)54)56-48(52)36-34-32-30-28-26-24-22-20-18-16-14-12-10-8-6-2/h19-22,37-40,46H,5-18,23-36,41-43H2,1-4H3/p+1/b21-19+,22-20+. The van der Waals surface area contributed by atoms with Crippen molar-refractivity contribution in [3.8, 4) is 0 Å². The fourth-order valence-electron chi connectivity index (χ4n) is 7.17. The normalized spacial score (nSPS) is 12.4. The molecule has 320 valence electrons. The Morgan fingerprint density at radius 1 is 0.571 bits per heavy atom. The van der Waals surface area contributed by atoms with Gasteiger partial charge in [0.1, 0.15) is 19.7 Å². The molecule has 7 nitrogen and oxygen atoms in total. The molecule has 1 aromatic rings. The molecular formula is C49H84NO6+. The van der Waals surface area contributed by atoms with E-state index in [2.05, 4.69) is 38.2 Å². The molecule has 0 heterocycles. The first-order chi connectivity index (χ1) is 27.2. The molecule has 1 rings (SSSR count). The lowest BCUT2D eigenvalue weighted by molar-refractivity contribution is -0.906. The third-order valence-electron chi connectivity index (χ3n) is 10.5. The first-order valence-corrected chi connectivity index (χ1v) is 23.0. The summed E-state index contributed by atoms with van der Waals surface area (Å²) in [7, 11) is 4.09. The van der Waals surface area contributed by atoms with E-state index in [1.54, 1.807) is 12.1 Å². The Labute approximate surface area is 343 Å². The number of carboxylic acids is 1. The van der Waals surface area contributed by atoms with Gasteiger partial charge >= 0.3 is 17.9 Å². The van der Waals surface area contributed by atoms with Gasteiger partial charge in [-0.3, -0.25) is 9.59 Å². The fourth-order valence-corrected chi connectivity index (χ4v) is 7.17. The monoisotopic (exact) mass is 783 g/mol. The number of allylic oxidation sites excluding steroid dienone is 4. The van der Waals surface area contributed by atoms with Crippen LogP contribution in [0.4, 0.5) is 0 Å². The van der Waals surface area contributed by atoms with Crippen molar-refractivity contribution in [2.45, 2.75) is 206 Å². The number of carbonyl (C=O) groups excluding carboxylic acids is 2. The highest BCUT2D eigenvalue weighted by Crippen LogP contribution is 2.16. The van der Waals surface area contributed by atoms with E-state index in [0.29, 0.717) is 30.4 Å². The SMILES string of the molecule is CCCCCCCC/C=C/CCCCCCCC(=O)OCC(C[N+](C)(C)Cc1ccc(C(=O)O)cc1)OC(=O)CCCCCCC/C=C/CCCCCCCC. The van der Waals surface area contributed by atoms with Gasteiger partial charge < -0.3 is 19.1 Å². The van der Waals surface area contributed by atoms with Gasteiger partial charge in [0, 0.05) is 18.4 Å². The van der Waals surface area contributed by atoms with Crippen molar-refractivity contribution in [3.63, 3.8) is 0 Å². The Balaban J connectivity index is 2.40. The van der Waals surface area contributed by atoms with Gasteiger partial charge in [0.05, 0.1) is 19.7 Å². The largest absolute Gasteiger partial charge is 0.478 e. The molecule has 0 aromatic heterocycles. The van der Waals surface area contributed by atoms with E-state index in [4.69, 9.17) is 9.47 Å². The van der Waals surface area contributed by atoms with Crippen molar-refractivity contribution in [2.75, 3.05) is 27.2 Å². The van der Waals surface area contributed by atoms with Gasteiger partial charge in [0.25, 0.3) is 0 Å². The van der Waals surface area contributed by atoms with Gasteiger partial charge in [-0.2, -0.15) is 0 Å². The van der Waals surface area contributed by atoms with Gasteiger partial charge in [-0.1, -0.05) is 153 Å². The number of esters is 2. The topological polar surface area (TPSA) is 89.9 Å². The summed E-state index contributed by atoms with van der Waals surface area (Å²) in [5.41, 5.74) is 1.24. The van der Waals surface area contributed by atoms with Crippen molar-refractivity contribution < 1.29 is 33.4 Å². The van der Waals surface area contributed by atoms with Crippen LogP contribution in [0.2, 0.25) is 0 Å². The summed E-state index contributed by atoms with van der Waals surface area (Å²) in [6, 6.07) is 6.87. The summed E-state index contributed by atoms with van der Waals surface area (Å²) in [6.07, 6.45) is 40.9. The number of rotatable bonds is 38. The highest BCUT2D eigenvalue weighted by Gasteiger charge is 2.27. The second-order valence-electron chi connectivity index (χ2n) is 16.7. The summed E-state index contributed by atoms with van der Waals surface area (Å²) in [4.78, 5) is 37.0. The Bertz CT molecular complexity index is 1170. The van der Waals surface area contributed by atoms with E-state index >= 15 is 0 Å². The molecule has 1 N–H and O–H groups in total. The molecule has 0 fully saturated rings. The summed E-state index contributed by atoms with van der Waals surface area (Å²) in [5, 5.41) is 9.26. The van der Waals surface area contributed by atoms with Crippen LogP contribution in [-0.4, -0.2) is 60.8 Å². The summed E-state index contributed by atoms with van der Waals surface area (Å²) in [5.74, 6) is -1.44. The van der Waals surface area contributed by atoms with Gasteiger partial charge in [-0.15, -0.1) is 0 Å². The Kier molecular flexibility index (Phi) is 32.2. The number of ether oxygens (including phenoxy) is 2. The predicted octanol–water partition coefficient (Wildman–Crippen LogP) is 13.5. The molecule has 0 saturated carbocycles. The zero-order valence-corrected chi connectivity index (χ0v) is 36.6. The van der Waals surface area contributed by atoms with Crippen LogP contribution in [0.25, 0.3) is 0 Å². The van der Waals surface area contributed by atoms with Gasteiger partial charge in [-0.05, 0) is 76.3 Å². The van der Waals surface area contributed by atoms with E-state index in [1.165, 1.54) is 116 Å². The minimum Gasteiger partial charge on any atom is -0.478 e. The molecule has 1 aromatic carbocycles. The first kappa shape index (κ1) is 51.1. The Morgan fingerprint density at radius 2 is 0.964 bits per heavy atom. The van der Waals surface area contributed by atoms with Gasteiger partial charge in [0.15, 0.2) is 6.10 Å². The quantitative estimate of drug-likeness (QED) is 0.0311. The van der Waals surface area contributed by atoms with Crippen LogP contribution in [0, 0.1) is 0 Å². The molecule has 0 aliphatic carbocycles. The molecule has 1 unspecified atom stereocenters. The van der Waals surface area contributed by atoms with E-state index in [9.17, 15) is 19.5 Å². The second-order valence-corrected chi connectivity index (χ2v) is 16.7. The molecule has 0 aliphatic rings. The molecule has 1 atom stereocenters. The van der Waals surface area contributed by atoms with Crippen LogP contribution in [0.5, 0.6) is 0 Å². The van der Waals surface area contributed by atoms with Crippen molar-refractivity contribution >= 4 is 17.9 Å². The third kappa shape index (κ3) is 31.2. The highest BCUT2D eigenvalue weighted by molar-refractivity contribution is 5.87. The second kappa shape index (κ2) is 35.2. The molecule has 0 saturated heterocycles. The van der Waals surface area contributed by atoms with Gasteiger partial charge in [0.2, 0.25) is 0 Å². The number of likely N-dealkylation sites (N-methyl/N-ethyl adjacent to an activating group) is 1. The molecule has 0 spiro atoms. The van der Waals surface area contributed by atoms with Crippen molar-refractivity contribution in [3.05, 3.63) is 59.7 Å². The molecule has 0 radical (unpaired) electrons. The van der Waals surface area contributed by atoms with Crippen LogP contribution in [-0.2, 0) is 25.6 Å². The van der Waals surface area contributed by atoms with Crippen molar-refractivity contribution in [2.24, 2.45) is 0 Å². The maximum atomic E-state index is 13.0. The number of carboxylic acid groups (broad SMARTS) is 1.